The van der Waals surface area contributed by atoms with Gasteiger partial charge in [-0.05, 0) is 101 Å². The predicted octanol–water partition coefficient (Wildman–Crippen LogP) is 9.74. The first kappa shape index (κ1) is 35.7. The molecule has 5 nitrogen and oxygen atoms in total. The smallest absolute Gasteiger partial charge is 0.346 e. The van der Waals surface area contributed by atoms with Crippen LogP contribution in [0.2, 0.25) is 0 Å². The van der Waals surface area contributed by atoms with Crippen LogP contribution in [0.4, 0.5) is 26.3 Å². The first-order valence-corrected chi connectivity index (χ1v) is 15.5. The average Bonchev–Trinajstić information content (AvgIpc) is 3.11. The van der Waals surface area contributed by atoms with Crippen LogP contribution in [0.15, 0.2) is 109 Å². The number of esters is 2. The van der Waals surface area contributed by atoms with E-state index in [-0.39, 0.29) is 51.3 Å². The molecule has 0 amide bonds. The van der Waals surface area contributed by atoms with Gasteiger partial charge in [0, 0.05) is 23.3 Å². The maximum atomic E-state index is 15.0. The van der Waals surface area contributed by atoms with Crippen molar-refractivity contribution >= 4 is 11.9 Å². The minimum atomic E-state index is -1.12. The van der Waals surface area contributed by atoms with Gasteiger partial charge < -0.3 is 9.47 Å². The van der Waals surface area contributed by atoms with Crippen LogP contribution in [0.5, 0.6) is 11.5 Å². The molecule has 0 unspecified atom stereocenters. The lowest BCUT2D eigenvalue weighted by atomic mass is 10.0. The third-order valence-electron chi connectivity index (χ3n) is 8.05. The summed E-state index contributed by atoms with van der Waals surface area (Å²) in [5.41, 5.74) is -0.0868. The Bertz CT molecular complexity index is 2360. The average molecular weight is 718 g/mol. The van der Waals surface area contributed by atoms with Gasteiger partial charge in [-0.1, -0.05) is 30.2 Å². The highest BCUT2D eigenvalue weighted by atomic mass is 19.1. The largest absolute Gasteiger partial charge is 0.423 e. The quantitative estimate of drug-likeness (QED) is 0.0679. The number of nitriles is 1. The van der Waals surface area contributed by atoms with Crippen LogP contribution in [0.1, 0.15) is 43.0 Å². The second-order valence-corrected chi connectivity index (χ2v) is 11.5. The molecule has 0 fully saturated rings. The Labute approximate surface area is 298 Å². The molecule has 0 aliphatic carbocycles. The molecule has 0 radical (unpaired) electrons. The Morgan fingerprint density at radius 3 is 1.36 bits per heavy atom. The highest BCUT2D eigenvalue weighted by Gasteiger charge is 2.19. The fraction of sp³-hybridized carbons (Fsp3) is 0.0238. The van der Waals surface area contributed by atoms with E-state index in [1.165, 1.54) is 60.7 Å². The molecule has 0 aromatic heterocycles. The van der Waals surface area contributed by atoms with Gasteiger partial charge in [-0.15, -0.1) is 6.42 Å². The Balaban J connectivity index is 1.09. The minimum absolute atomic E-state index is 0.00327. The van der Waals surface area contributed by atoms with Crippen LogP contribution in [0, 0.1) is 58.6 Å². The summed E-state index contributed by atoms with van der Waals surface area (Å²) in [5.74, 6) is -5.68. The van der Waals surface area contributed by atoms with Gasteiger partial charge in [-0.3, -0.25) is 0 Å². The number of hydrogen-bond donors (Lipinski definition) is 0. The van der Waals surface area contributed by atoms with E-state index in [1.54, 1.807) is 6.07 Å². The normalized spacial score (nSPS) is 10.6. The molecule has 0 atom stereocenters. The second-order valence-electron chi connectivity index (χ2n) is 11.5. The summed E-state index contributed by atoms with van der Waals surface area (Å²) in [7, 11) is 0. The summed E-state index contributed by atoms with van der Waals surface area (Å²) < 4.78 is 98.0. The van der Waals surface area contributed by atoms with Gasteiger partial charge in [0.1, 0.15) is 52.5 Å². The van der Waals surface area contributed by atoms with Gasteiger partial charge in [-0.25, -0.2) is 35.9 Å². The molecule has 0 N–H and O–H groups in total. The van der Waals surface area contributed by atoms with Crippen molar-refractivity contribution in [1.29, 1.82) is 5.26 Å². The number of ether oxygens (including phenoxy) is 2. The molecule has 6 aromatic carbocycles. The van der Waals surface area contributed by atoms with Crippen LogP contribution in [-0.2, 0) is 6.42 Å². The molecule has 0 saturated heterocycles. The van der Waals surface area contributed by atoms with Crippen molar-refractivity contribution in [3.05, 3.63) is 177 Å². The van der Waals surface area contributed by atoms with Gasteiger partial charge in [0.15, 0.2) is 0 Å². The monoisotopic (exact) mass is 717 g/mol. The summed E-state index contributed by atoms with van der Waals surface area (Å²) in [6.45, 7) is 0. The first-order chi connectivity index (χ1) is 25.4. The Morgan fingerprint density at radius 1 is 0.528 bits per heavy atom. The van der Waals surface area contributed by atoms with Crippen molar-refractivity contribution in [2.75, 3.05) is 0 Å². The lowest BCUT2D eigenvalue weighted by Crippen LogP contribution is -2.12. The summed E-state index contributed by atoms with van der Waals surface area (Å²) in [5, 5.41) is 8.89. The lowest BCUT2D eigenvalue weighted by Gasteiger charge is -2.10. The molecule has 0 heterocycles. The molecule has 6 aromatic rings. The number of carbonyl (C=O) groups is 2. The van der Waals surface area contributed by atoms with Crippen molar-refractivity contribution in [1.82, 2.24) is 0 Å². The number of halogens is 6. The van der Waals surface area contributed by atoms with E-state index in [9.17, 15) is 27.2 Å². The van der Waals surface area contributed by atoms with E-state index in [2.05, 4.69) is 5.92 Å². The van der Waals surface area contributed by atoms with Crippen molar-refractivity contribution in [2.24, 2.45) is 0 Å². The number of nitrogens with zero attached hydrogens (tertiary/aromatic N) is 1. The van der Waals surface area contributed by atoms with Gasteiger partial charge in [0.25, 0.3) is 0 Å². The predicted molar refractivity (Wildman–Crippen MR) is 182 cm³/mol. The summed E-state index contributed by atoms with van der Waals surface area (Å²) >= 11 is 0. The van der Waals surface area contributed by atoms with Crippen LogP contribution in [0.3, 0.4) is 0 Å². The molecule has 11 heteroatoms. The first-order valence-electron chi connectivity index (χ1n) is 15.5. The van der Waals surface area contributed by atoms with Gasteiger partial charge in [0.05, 0.1) is 22.3 Å². The van der Waals surface area contributed by atoms with E-state index in [0.29, 0.717) is 11.1 Å². The van der Waals surface area contributed by atoms with Crippen LogP contribution >= 0.6 is 0 Å². The number of carbonyl (C=O) groups excluding carboxylic acids is 2. The molecule has 260 valence electrons. The summed E-state index contributed by atoms with van der Waals surface area (Å²) in [6, 6.07) is 23.0. The van der Waals surface area contributed by atoms with E-state index in [1.807, 2.05) is 0 Å². The van der Waals surface area contributed by atoms with Crippen LogP contribution in [-0.4, -0.2) is 11.9 Å². The summed E-state index contributed by atoms with van der Waals surface area (Å²) in [6.07, 6.45) is 5.21. The minimum Gasteiger partial charge on any atom is -0.423 e. The SMILES string of the molecule is C#Cc1ccc(-c2ccc(OC(=O)c3ccc(Cc4ccc(C(=O)Oc5ccc(-c6ccc(C#N)c(F)c6)c(F)c5)c(F)c4)cc3F)cc2F)cc1F. The topological polar surface area (TPSA) is 76.4 Å². The fourth-order valence-electron chi connectivity index (χ4n) is 5.39. The fourth-order valence-corrected chi connectivity index (χ4v) is 5.39. The van der Waals surface area contributed by atoms with Gasteiger partial charge in [-0.2, -0.15) is 5.26 Å². The molecular formula is C42H21F6NO4. The molecule has 53 heavy (non-hydrogen) atoms. The zero-order valence-electron chi connectivity index (χ0n) is 27.0. The third kappa shape index (κ3) is 7.80. The third-order valence-corrected chi connectivity index (χ3v) is 8.05. The molecule has 0 spiro atoms. The molecule has 0 aliphatic rings. The Kier molecular flexibility index (Phi) is 10.1. The molecule has 6 rings (SSSR count). The zero-order chi connectivity index (χ0) is 37.8. The second kappa shape index (κ2) is 15.0. The lowest BCUT2D eigenvalue weighted by molar-refractivity contribution is 0.0719. The van der Waals surface area contributed by atoms with Crippen LogP contribution in [0.25, 0.3) is 22.3 Å². The van der Waals surface area contributed by atoms with Gasteiger partial charge in [0.2, 0.25) is 0 Å². The van der Waals surface area contributed by atoms with Crippen molar-refractivity contribution in [3.63, 3.8) is 0 Å². The van der Waals surface area contributed by atoms with E-state index < -0.39 is 58.0 Å². The van der Waals surface area contributed by atoms with Crippen molar-refractivity contribution in [2.45, 2.75) is 6.42 Å². The van der Waals surface area contributed by atoms with E-state index in [0.717, 1.165) is 48.5 Å². The highest BCUT2D eigenvalue weighted by molar-refractivity contribution is 5.92. The number of benzene rings is 6. The van der Waals surface area contributed by atoms with E-state index >= 15 is 8.78 Å². The molecule has 0 saturated carbocycles. The number of hydrogen-bond acceptors (Lipinski definition) is 5. The molecule has 0 bridgehead atoms. The van der Waals surface area contributed by atoms with Crippen LogP contribution < -0.4 is 9.47 Å². The molecular weight excluding hydrogens is 696 g/mol. The Morgan fingerprint density at radius 2 is 0.981 bits per heavy atom. The Hall–Kier alpha value is -7.11. The van der Waals surface area contributed by atoms with Crippen molar-refractivity contribution in [3.8, 4) is 52.2 Å². The number of rotatable bonds is 8. The highest BCUT2D eigenvalue weighted by Crippen LogP contribution is 2.30. The zero-order valence-corrected chi connectivity index (χ0v) is 27.0. The molecule has 0 aliphatic heterocycles. The number of terminal acetylenes is 1. The van der Waals surface area contributed by atoms with Crippen molar-refractivity contribution < 1.29 is 45.4 Å². The van der Waals surface area contributed by atoms with E-state index in [4.69, 9.17) is 21.2 Å². The maximum absolute atomic E-state index is 15.0. The summed E-state index contributed by atoms with van der Waals surface area (Å²) in [4.78, 5) is 25.4. The van der Waals surface area contributed by atoms with Gasteiger partial charge >= 0.3 is 11.9 Å². The maximum Gasteiger partial charge on any atom is 0.346 e. The standard InChI is InChI=1S/C42H21F6NO4/c1-2-25-5-6-26(18-35(25)43)31-13-9-29(20-39(31)47)52-41(50)33-11-3-23(16-37(33)45)15-24-4-12-34(38(46)17-24)42(51)53-30-10-14-32(40(48)21-30)27-7-8-28(22-49)36(44)19-27/h1,3-14,16-21H,15H2.